The largest absolute Gasteiger partial charge is 0.493 e. The fourth-order valence-corrected chi connectivity index (χ4v) is 4.25. The van der Waals surface area contributed by atoms with Crippen LogP contribution in [0.25, 0.3) is 11.0 Å². The monoisotopic (exact) mass is 420 g/mol. The fourth-order valence-electron chi connectivity index (χ4n) is 3.24. The molecule has 1 fully saturated rings. The van der Waals surface area contributed by atoms with Crippen molar-refractivity contribution in [2.24, 2.45) is 0 Å². The highest BCUT2D eigenvalue weighted by Gasteiger charge is 2.21. The number of H-pyrrole nitrogens is 1. The number of hydrogen-bond donors (Lipinski definition) is 1. The summed E-state index contributed by atoms with van der Waals surface area (Å²) in [7, 11) is 1.47. The average molecular weight is 420 g/mol. The Kier molecular flexibility index (Phi) is 5.63. The van der Waals surface area contributed by atoms with Crippen LogP contribution >= 0.6 is 0 Å². The Morgan fingerprint density at radius 1 is 1.24 bits per heavy atom. The third-order valence-corrected chi connectivity index (χ3v) is 5.90. The predicted molar refractivity (Wildman–Crippen MR) is 107 cm³/mol. The van der Waals surface area contributed by atoms with Crippen molar-refractivity contribution < 1.29 is 22.8 Å². The number of methoxy groups -OCH3 is 2. The topological polar surface area (TPSA) is 89.6 Å². The molecule has 10 heteroatoms. The molecule has 0 radical (unpaired) electrons. The number of aromatic nitrogens is 3. The molecule has 0 aliphatic carbocycles. The Bertz CT molecular complexity index is 1010. The number of halogens is 1. The number of ether oxygens (including phenoxy) is 3. The molecule has 1 saturated heterocycles. The van der Waals surface area contributed by atoms with Gasteiger partial charge in [-0.3, -0.25) is 9.19 Å². The molecule has 1 aliphatic rings. The predicted octanol–water partition coefficient (Wildman–Crippen LogP) is 2.26. The van der Waals surface area contributed by atoms with E-state index < -0.39 is 16.6 Å². The second-order valence-electron chi connectivity index (χ2n) is 6.45. The Labute approximate surface area is 169 Å². The van der Waals surface area contributed by atoms with Gasteiger partial charge in [0.1, 0.15) is 0 Å². The second-order valence-corrected chi connectivity index (χ2v) is 7.81. The minimum Gasteiger partial charge on any atom is -0.493 e. The standard InChI is InChI=1S/C19H21FN4O4S/c1-26-16-9-12-13(10-17(16)27-2)23-19(22-12)29(25)11-14-18(20)15(3-4-21-14)24-5-7-28-8-6-24/h3-4,9-10H,5-8,11H2,1-2H3,(H,22,23). The quantitative estimate of drug-likeness (QED) is 0.654. The lowest BCUT2D eigenvalue weighted by Gasteiger charge is -2.29. The molecule has 1 unspecified atom stereocenters. The number of nitrogens with one attached hydrogen (secondary N) is 1. The summed E-state index contributed by atoms with van der Waals surface area (Å²) in [5, 5.41) is 0.244. The van der Waals surface area contributed by atoms with Crippen LogP contribution in [-0.4, -0.2) is 59.7 Å². The van der Waals surface area contributed by atoms with Crippen molar-refractivity contribution in [1.82, 2.24) is 15.0 Å². The van der Waals surface area contributed by atoms with Gasteiger partial charge in [-0.25, -0.2) is 9.37 Å². The lowest BCUT2D eigenvalue weighted by Crippen LogP contribution is -2.37. The number of imidazole rings is 1. The number of anilines is 1. The molecule has 1 atom stereocenters. The maximum Gasteiger partial charge on any atom is 0.197 e. The van der Waals surface area contributed by atoms with Gasteiger partial charge in [-0.2, -0.15) is 0 Å². The van der Waals surface area contributed by atoms with Crippen molar-refractivity contribution in [3.05, 3.63) is 35.9 Å². The highest BCUT2D eigenvalue weighted by molar-refractivity contribution is 7.84. The van der Waals surface area contributed by atoms with Crippen molar-refractivity contribution in [3.8, 4) is 11.5 Å². The Morgan fingerprint density at radius 2 is 1.97 bits per heavy atom. The van der Waals surface area contributed by atoms with Crippen LogP contribution in [0.15, 0.2) is 29.6 Å². The summed E-state index contributed by atoms with van der Waals surface area (Å²) >= 11 is 0. The third kappa shape index (κ3) is 3.90. The maximum absolute atomic E-state index is 15.0. The molecular formula is C19H21FN4O4S. The molecule has 0 bridgehead atoms. The lowest BCUT2D eigenvalue weighted by atomic mass is 10.2. The van der Waals surface area contributed by atoms with Crippen LogP contribution in [0.3, 0.4) is 0 Å². The number of nitrogens with zero attached hydrogens (tertiary/aromatic N) is 3. The van der Waals surface area contributed by atoms with Gasteiger partial charge in [0.15, 0.2) is 22.5 Å². The summed E-state index contributed by atoms with van der Waals surface area (Å²) in [6, 6.07) is 5.05. The number of fused-ring (bicyclic) bond motifs is 1. The van der Waals surface area contributed by atoms with Crippen molar-refractivity contribution in [2.45, 2.75) is 10.9 Å². The van der Waals surface area contributed by atoms with Gasteiger partial charge in [0, 0.05) is 31.4 Å². The molecular weight excluding hydrogens is 399 g/mol. The Hall–Kier alpha value is -2.72. The number of morpholine rings is 1. The number of pyridine rings is 1. The molecule has 1 aliphatic heterocycles. The summed E-state index contributed by atoms with van der Waals surface area (Å²) in [5.74, 6) is 0.516. The van der Waals surface area contributed by atoms with E-state index in [0.717, 1.165) is 0 Å². The Balaban J connectivity index is 1.59. The minimum absolute atomic E-state index is 0.0852. The van der Waals surface area contributed by atoms with Crippen LogP contribution in [0, 0.1) is 5.82 Å². The van der Waals surface area contributed by atoms with Crippen molar-refractivity contribution in [2.75, 3.05) is 45.4 Å². The zero-order valence-corrected chi connectivity index (χ0v) is 16.9. The van der Waals surface area contributed by atoms with Gasteiger partial charge in [0.25, 0.3) is 0 Å². The van der Waals surface area contributed by atoms with E-state index in [1.165, 1.54) is 20.4 Å². The summed E-state index contributed by atoms with van der Waals surface area (Å²) in [4.78, 5) is 13.4. The van der Waals surface area contributed by atoms with E-state index in [1.807, 2.05) is 4.90 Å². The molecule has 3 aromatic rings. The summed E-state index contributed by atoms with van der Waals surface area (Å²) < 4.78 is 43.7. The lowest BCUT2D eigenvalue weighted by molar-refractivity contribution is 0.122. The van der Waals surface area contributed by atoms with Gasteiger partial charge < -0.3 is 24.1 Å². The van der Waals surface area contributed by atoms with Crippen molar-refractivity contribution >= 4 is 27.5 Å². The molecule has 1 N–H and O–H groups in total. The first-order valence-electron chi connectivity index (χ1n) is 9.07. The maximum atomic E-state index is 15.0. The first kappa shape index (κ1) is 19.6. The van der Waals surface area contributed by atoms with Gasteiger partial charge >= 0.3 is 0 Å². The average Bonchev–Trinajstić information content (AvgIpc) is 3.18. The summed E-state index contributed by atoms with van der Waals surface area (Å²) in [6.45, 7) is 2.32. The number of benzene rings is 1. The van der Waals surface area contributed by atoms with Crippen molar-refractivity contribution in [3.63, 3.8) is 0 Å². The van der Waals surface area contributed by atoms with Gasteiger partial charge in [-0.05, 0) is 6.07 Å². The number of hydrogen-bond acceptors (Lipinski definition) is 7. The van der Waals surface area contributed by atoms with Gasteiger partial charge in [-0.1, -0.05) is 0 Å². The molecule has 0 spiro atoms. The molecule has 0 amide bonds. The van der Waals surface area contributed by atoms with E-state index >= 15 is 0 Å². The molecule has 3 heterocycles. The number of aromatic amines is 1. The van der Waals surface area contributed by atoms with E-state index in [9.17, 15) is 8.60 Å². The van der Waals surface area contributed by atoms with Crippen LogP contribution < -0.4 is 14.4 Å². The number of rotatable bonds is 6. The molecule has 0 saturated carbocycles. The highest BCUT2D eigenvalue weighted by atomic mass is 32.2. The SMILES string of the molecule is COc1cc2nc(S(=O)Cc3nccc(N4CCOCC4)c3F)[nH]c2cc1OC. The van der Waals surface area contributed by atoms with Crippen molar-refractivity contribution in [1.29, 1.82) is 0 Å². The van der Waals surface area contributed by atoms with Gasteiger partial charge in [-0.15, -0.1) is 0 Å². The van der Waals surface area contributed by atoms with Crippen LogP contribution in [-0.2, 0) is 21.3 Å². The molecule has 8 nitrogen and oxygen atoms in total. The summed E-state index contributed by atoms with van der Waals surface area (Å²) in [6.07, 6.45) is 1.54. The first-order chi connectivity index (χ1) is 14.1. The molecule has 2 aromatic heterocycles. The van der Waals surface area contributed by atoms with E-state index in [0.29, 0.717) is 54.5 Å². The minimum atomic E-state index is -1.60. The smallest absolute Gasteiger partial charge is 0.197 e. The van der Waals surface area contributed by atoms with Crippen LogP contribution in [0.1, 0.15) is 5.69 Å². The van der Waals surface area contributed by atoms with Crippen LogP contribution in [0.4, 0.5) is 10.1 Å². The highest BCUT2D eigenvalue weighted by Crippen LogP contribution is 2.31. The molecule has 154 valence electrons. The van der Waals surface area contributed by atoms with E-state index in [4.69, 9.17) is 14.2 Å². The van der Waals surface area contributed by atoms with Gasteiger partial charge in [0.05, 0.1) is 66.4 Å². The fraction of sp³-hybridized carbons (Fsp3) is 0.368. The molecule has 29 heavy (non-hydrogen) atoms. The zero-order valence-electron chi connectivity index (χ0n) is 16.1. The van der Waals surface area contributed by atoms with Crippen LogP contribution in [0.5, 0.6) is 11.5 Å². The first-order valence-corrected chi connectivity index (χ1v) is 10.4. The van der Waals surface area contributed by atoms with E-state index in [1.54, 1.807) is 18.2 Å². The normalized spacial score (nSPS) is 15.5. The molecule has 4 rings (SSSR count). The van der Waals surface area contributed by atoms with E-state index in [2.05, 4.69) is 15.0 Å². The van der Waals surface area contributed by atoms with E-state index in [-0.39, 0.29) is 16.6 Å². The van der Waals surface area contributed by atoms with Gasteiger partial charge in [0.2, 0.25) is 0 Å². The second kappa shape index (κ2) is 8.34. The third-order valence-electron chi connectivity index (χ3n) is 4.74. The Morgan fingerprint density at radius 3 is 2.69 bits per heavy atom. The zero-order chi connectivity index (χ0) is 20.4. The molecule has 1 aromatic carbocycles. The van der Waals surface area contributed by atoms with Crippen LogP contribution in [0.2, 0.25) is 0 Å². The summed E-state index contributed by atoms with van der Waals surface area (Å²) in [5.41, 5.74) is 1.83.